The van der Waals surface area contributed by atoms with Gasteiger partial charge in [-0.1, -0.05) is 43.5 Å². The van der Waals surface area contributed by atoms with E-state index in [4.69, 9.17) is 11.5 Å². The Hall–Kier alpha value is -2.36. The summed E-state index contributed by atoms with van der Waals surface area (Å²) in [5.74, 6) is -2.02. The zero-order chi connectivity index (χ0) is 13.0. The Morgan fingerprint density at radius 1 is 0.941 bits per heavy atom. The number of carbonyl (C=O) groups is 2. The second kappa shape index (κ2) is 5.12. The largest absolute Gasteiger partial charge is 0.366 e. The minimum absolute atomic E-state index is 0.0972. The normalized spacial score (nSPS) is 9.94. The van der Waals surface area contributed by atoms with E-state index < -0.39 is 17.7 Å². The van der Waals surface area contributed by atoms with Gasteiger partial charge in [-0.25, -0.2) is 0 Å². The van der Waals surface area contributed by atoms with Gasteiger partial charge in [0, 0.05) is 17.1 Å². The van der Waals surface area contributed by atoms with E-state index in [2.05, 4.69) is 13.2 Å². The highest BCUT2D eigenvalue weighted by molar-refractivity contribution is 6.00. The van der Waals surface area contributed by atoms with Gasteiger partial charge in [0.1, 0.15) is 0 Å². The molecule has 88 valence electrons. The molecule has 0 unspecified atom stereocenters. The smallest absolute Gasteiger partial charge is 0.244 e. The summed E-state index contributed by atoms with van der Waals surface area (Å²) in [5.41, 5.74) is 11.3. The minimum atomic E-state index is -0.679. The van der Waals surface area contributed by atoms with Crippen LogP contribution in [-0.4, -0.2) is 11.8 Å². The standard InChI is InChI=1S/C13H14N2O2/c1-8(12(14)16)11(9(2)13(15)17)10-6-4-3-5-7-10/h3-7,11H,1-2H2,(H2,14,16)(H2,15,17). The lowest BCUT2D eigenvalue weighted by Crippen LogP contribution is -2.25. The Bertz CT molecular complexity index is 451. The number of hydrogen-bond acceptors (Lipinski definition) is 2. The molecule has 0 fully saturated rings. The van der Waals surface area contributed by atoms with E-state index in [0.717, 1.165) is 0 Å². The molecular weight excluding hydrogens is 216 g/mol. The van der Waals surface area contributed by atoms with Gasteiger partial charge in [-0.2, -0.15) is 0 Å². The zero-order valence-electron chi connectivity index (χ0n) is 9.35. The first-order valence-corrected chi connectivity index (χ1v) is 4.97. The molecule has 0 saturated heterocycles. The van der Waals surface area contributed by atoms with Gasteiger partial charge in [-0.05, 0) is 5.56 Å². The molecule has 4 heteroatoms. The molecule has 1 aromatic rings. The summed E-state index contributed by atoms with van der Waals surface area (Å²) in [7, 11) is 0. The average Bonchev–Trinajstić information content (AvgIpc) is 2.30. The lowest BCUT2D eigenvalue weighted by atomic mass is 9.85. The predicted octanol–water partition coefficient (Wildman–Crippen LogP) is 0.853. The van der Waals surface area contributed by atoms with Crippen LogP contribution in [0.5, 0.6) is 0 Å². The van der Waals surface area contributed by atoms with Crippen LogP contribution in [0.25, 0.3) is 0 Å². The Morgan fingerprint density at radius 2 is 1.35 bits per heavy atom. The van der Waals surface area contributed by atoms with Crippen molar-refractivity contribution in [3.8, 4) is 0 Å². The second-order valence-corrected chi connectivity index (χ2v) is 3.62. The van der Waals surface area contributed by atoms with Gasteiger partial charge in [0.05, 0.1) is 0 Å². The molecule has 0 aliphatic heterocycles. The average molecular weight is 230 g/mol. The van der Waals surface area contributed by atoms with Crippen LogP contribution in [0.4, 0.5) is 0 Å². The first kappa shape index (κ1) is 12.7. The SMILES string of the molecule is C=C(C(N)=O)C(C(=C)C(N)=O)c1ccccc1. The van der Waals surface area contributed by atoms with Gasteiger partial charge in [0.15, 0.2) is 0 Å². The van der Waals surface area contributed by atoms with Gasteiger partial charge >= 0.3 is 0 Å². The molecule has 0 saturated carbocycles. The monoisotopic (exact) mass is 230 g/mol. The highest BCUT2D eigenvalue weighted by Crippen LogP contribution is 2.29. The first-order chi connectivity index (χ1) is 7.95. The molecule has 0 spiro atoms. The van der Waals surface area contributed by atoms with E-state index in [-0.39, 0.29) is 11.1 Å². The molecular formula is C13H14N2O2. The number of carbonyl (C=O) groups excluding carboxylic acids is 2. The maximum Gasteiger partial charge on any atom is 0.244 e. The van der Waals surface area contributed by atoms with E-state index in [1.807, 2.05) is 6.07 Å². The van der Waals surface area contributed by atoms with E-state index in [1.165, 1.54) is 0 Å². The van der Waals surface area contributed by atoms with Gasteiger partial charge in [-0.15, -0.1) is 0 Å². The Balaban J connectivity index is 3.21. The molecule has 2 amide bonds. The van der Waals surface area contributed by atoms with E-state index in [9.17, 15) is 9.59 Å². The number of nitrogens with two attached hydrogens (primary N) is 2. The number of benzene rings is 1. The maximum atomic E-state index is 11.2. The summed E-state index contributed by atoms with van der Waals surface area (Å²) in [6, 6.07) is 8.90. The van der Waals surface area contributed by atoms with Crippen LogP contribution < -0.4 is 11.5 Å². The fourth-order valence-corrected chi connectivity index (χ4v) is 1.54. The summed E-state index contributed by atoms with van der Waals surface area (Å²) in [6.07, 6.45) is 0. The number of rotatable bonds is 5. The van der Waals surface area contributed by atoms with Crippen molar-refractivity contribution in [2.75, 3.05) is 0 Å². The zero-order valence-corrected chi connectivity index (χ0v) is 9.35. The van der Waals surface area contributed by atoms with Crippen molar-refractivity contribution in [2.24, 2.45) is 11.5 Å². The lowest BCUT2D eigenvalue weighted by molar-refractivity contribution is -0.115. The molecule has 0 aliphatic rings. The van der Waals surface area contributed by atoms with Gasteiger partial charge in [0.25, 0.3) is 0 Å². The quantitative estimate of drug-likeness (QED) is 0.735. The van der Waals surface area contributed by atoms with E-state index >= 15 is 0 Å². The van der Waals surface area contributed by atoms with Gasteiger partial charge in [-0.3, -0.25) is 9.59 Å². The maximum absolute atomic E-state index is 11.2. The molecule has 0 bridgehead atoms. The summed E-state index contributed by atoms with van der Waals surface area (Å²) in [4.78, 5) is 22.3. The third kappa shape index (κ3) is 2.81. The van der Waals surface area contributed by atoms with Crippen molar-refractivity contribution < 1.29 is 9.59 Å². The molecule has 0 radical (unpaired) electrons. The van der Waals surface area contributed by atoms with E-state index in [1.54, 1.807) is 24.3 Å². The summed E-state index contributed by atoms with van der Waals surface area (Å²) in [6.45, 7) is 7.18. The van der Waals surface area contributed by atoms with Gasteiger partial charge in [0.2, 0.25) is 11.8 Å². The summed E-state index contributed by atoms with van der Waals surface area (Å²) >= 11 is 0. The van der Waals surface area contributed by atoms with Crippen molar-refractivity contribution in [3.05, 3.63) is 60.2 Å². The fraction of sp³-hybridized carbons (Fsp3) is 0.0769. The van der Waals surface area contributed by atoms with Crippen LogP contribution in [-0.2, 0) is 9.59 Å². The lowest BCUT2D eigenvalue weighted by Gasteiger charge is -2.18. The molecule has 4 nitrogen and oxygen atoms in total. The molecule has 0 heterocycles. The van der Waals surface area contributed by atoms with Crippen molar-refractivity contribution in [1.29, 1.82) is 0 Å². The Kier molecular flexibility index (Phi) is 3.82. The highest BCUT2D eigenvalue weighted by atomic mass is 16.1. The summed E-state index contributed by atoms with van der Waals surface area (Å²) < 4.78 is 0. The molecule has 17 heavy (non-hydrogen) atoms. The third-order valence-corrected chi connectivity index (χ3v) is 2.46. The predicted molar refractivity (Wildman–Crippen MR) is 65.9 cm³/mol. The number of amides is 2. The molecule has 0 aromatic heterocycles. The van der Waals surface area contributed by atoms with Crippen LogP contribution in [0, 0.1) is 0 Å². The van der Waals surface area contributed by atoms with Crippen LogP contribution >= 0.6 is 0 Å². The molecule has 0 atom stereocenters. The van der Waals surface area contributed by atoms with Crippen molar-refractivity contribution >= 4 is 11.8 Å². The first-order valence-electron chi connectivity index (χ1n) is 4.97. The molecule has 1 aromatic carbocycles. The fourth-order valence-electron chi connectivity index (χ4n) is 1.54. The number of hydrogen-bond donors (Lipinski definition) is 2. The van der Waals surface area contributed by atoms with Crippen molar-refractivity contribution in [2.45, 2.75) is 5.92 Å². The minimum Gasteiger partial charge on any atom is -0.366 e. The Labute approximate surface area is 99.6 Å². The molecule has 1 rings (SSSR count). The molecule has 0 aliphatic carbocycles. The third-order valence-electron chi connectivity index (χ3n) is 2.46. The second-order valence-electron chi connectivity index (χ2n) is 3.62. The Morgan fingerprint density at radius 3 is 1.71 bits per heavy atom. The van der Waals surface area contributed by atoms with Crippen molar-refractivity contribution in [1.82, 2.24) is 0 Å². The van der Waals surface area contributed by atoms with Crippen LogP contribution in [0.15, 0.2) is 54.6 Å². The molecule has 4 N–H and O–H groups in total. The van der Waals surface area contributed by atoms with Crippen LogP contribution in [0.3, 0.4) is 0 Å². The topological polar surface area (TPSA) is 86.2 Å². The van der Waals surface area contributed by atoms with Crippen LogP contribution in [0.2, 0.25) is 0 Å². The van der Waals surface area contributed by atoms with Crippen molar-refractivity contribution in [3.63, 3.8) is 0 Å². The van der Waals surface area contributed by atoms with Crippen LogP contribution in [0.1, 0.15) is 11.5 Å². The van der Waals surface area contributed by atoms with Gasteiger partial charge < -0.3 is 11.5 Å². The van der Waals surface area contributed by atoms with E-state index in [0.29, 0.717) is 5.56 Å². The number of primary amides is 2. The highest BCUT2D eigenvalue weighted by Gasteiger charge is 2.24. The summed E-state index contributed by atoms with van der Waals surface area (Å²) in [5, 5.41) is 0.